The van der Waals surface area contributed by atoms with Gasteiger partial charge in [0.05, 0.1) is 35.6 Å². The van der Waals surface area contributed by atoms with Crippen molar-refractivity contribution in [2.24, 2.45) is 28.8 Å². The summed E-state index contributed by atoms with van der Waals surface area (Å²) in [5, 5.41) is 25.7. The van der Waals surface area contributed by atoms with Crippen molar-refractivity contribution in [3.8, 4) is 11.5 Å². The summed E-state index contributed by atoms with van der Waals surface area (Å²) >= 11 is 0. The van der Waals surface area contributed by atoms with Crippen molar-refractivity contribution in [2.75, 3.05) is 7.11 Å². The molecule has 5 rings (SSSR count). The summed E-state index contributed by atoms with van der Waals surface area (Å²) in [6.07, 6.45) is 5.99. The van der Waals surface area contributed by atoms with Crippen LogP contribution in [0, 0.1) is 33.8 Å². The number of ether oxygens (including phenoxy) is 2. The quantitative estimate of drug-likeness (QED) is 0.195. The molecule has 1 aliphatic heterocycles. The van der Waals surface area contributed by atoms with Gasteiger partial charge in [0.25, 0.3) is 11.8 Å². The standard InChI is InChI=1S/C25H21N3O8/c1-35-19-9-14(11-26-27-23(29)20-16-6-7-17(10-16)21(20)24(27)30)8-18(28(33)34)22(19)36-12-13-2-4-15(5-3-13)25(31)32/h2-9,11,16-17,20-21H,10,12H2,1H3,(H,31,32). The molecular weight excluding hydrogens is 470 g/mol. The van der Waals surface area contributed by atoms with Crippen LogP contribution in [0.15, 0.2) is 53.7 Å². The van der Waals surface area contributed by atoms with E-state index < -0.39 is 28.4 Å². The first-order valence-electron chi connectivity index (χ1n) is 11.2. The number of benzene rings is 2. The lowest BCUT2D eigenvalue weighted by Crippen LogP contribution is -2.28. The number of rotatable bonds is 8. The topological polar surface area (TPSA) is 149 Å². The van der Waals surface area contributed by atoms with E-state index in [0.29, 0.717) is 5.56 Å². The highest BCUT2D eigenvalue weighted by Gasteiger charge is 2.59. The Morgan fingerprint density at radius 3 is 2.36 bits per heavy atom. The number of methoxy groups -OCH3 is 1. The highest BCUT2D eigenvalue weighted by atomic mass is 16.6. The molecule has 0 radical (unpaired) electrons. The average Bonchev–Trinajstić information content (AvgIpc) is 3.55. The lowest BCUT2D eigenvalue weighted by atomic mass is 9.85. The fourth-order valence-corrected chi connectivity index (χ4v) is 5.14. The van der Waals surface area contributed by atoms with E-state index in [1.165, 1.54) is 37.6 Å². The van der Waals surface area contributed by atoms with Crippen molar-refractivity contribution in [1.82, 2.24) is 5.01 Å². The van der Waals surface area contributed by atoms with Crippen LogP contribution in [0.4, 0.5) is 5.69 Å². The first kappa shape index (κ1) is 23.2. The number of nitro groups is 1. The molecule has 11 nitrogen and oxygen atoms in total. The molecule has 2 fully saturated rings. The van der Waals surface area contributed by atoms with Crippen LogP contribution < -0.4 is 9.47 Å². The Bertz CT molecular complexity index is 1300. The maximum absolute atomic E-state index is 12.8. The molecule has 2 amide bonds. The molecule has 1 N–H and O–H groups in total. The lowest BCUT2D eigenvalue weighted by molar-refractivity contribution is -0.386. The van der Waals surface area contributed by atoms with Gasteiger partial charge >= 0.3 is 11.7 Å². The molecule has 2 aliphatic carbocycles. The summed E-state index contributed by atoms with van der Waals surface area (Å²) in [5.74, 6) is -2.52. The molecule has 1 saturated carbocycles. The van der Waals surface area contributed by atoms with E-state index in [-0.39, 0.29) is 52.9 Å². The van der Waals surface area contributed by atoms with Gasteiger partial charge in [0.1, 0.15) is 6.61 Å². The van der Waals surface area contributed by atoms with Crippen LogP contribution >= 0.6 is 0 Å². The number of hydrogen-bond donors (Lipinski definition) is 1. The Hall–Kier alpha value is -4.54. The molecule has 1 heterocycles. The van der Waals surface area contributed by atoms with Gasteiger partial charge in [0.2, 0.25) is 5.75 Å². The highest BCUT2D eigenvalue weighted by molar-refractivity contribution is 6.06. The number of carboxylic acids is 1. The number of fused-ring (bicyclic) bond motifs is 5. The van der Waals surface area contributed by atoms with Gasteiger partial charge in [-0.25, -0.2) is 4.79 Å². The zero-order valence-electron chi connectivity index (χ0n) is 19.1. The van der Waals surface area contributed by atoms with Crippen molar-refractivity contribution in [2.45, 2.75) is 13.0 Å². The molecule has 0 aromatic heterocycles. The van der Waals surface area contributed by atoms with Gasteiger partial charge in [-0.3, -0.25) is 19.7 Å². The van der Waals surface area contributed by atoms with Gasteiger partial charge in [-0.15, -0.1) is 0 Å². The van der Waals surface area contributed by atoms with E-state index in [0.717, 1.165) is 11.4 Å². The summed E-state index contributed by atoms with van der Waals surface area (Å²) in [5.41, 5.74) is 0.558. The Kier molecular flexibility index (Phi) is 5.75. The molecule has 0 spiro atoms. The van der Waals surface area contributed by atoms with E-state index in [4.69, 9.17) is 14.6 Å². The molecule has 2 aromatic rings. The van der Waals surface area contributed by atoms with Gasteiger partial charge in [-0.1, -0.05) is 24.3 Å². The van der Waals surface area contributed by atoms with E-state index >= 15 is 0 Å². The van der Waals surface area contributed by atoms with Crippen LogP contribution in [0.1, 0.15) is 27.9 Å². The number of aromatic carboxylic acids is 1. The molecule has 36 heavy (non-hydrogen) atoms. The number of hydrogen-bond acceptors (Lipinski definition) is 8. The van der Waals surface area contributed by atoms with Crippen LogP contribution in [0.2, 0.25) is 0 Å². The number of carbonyl (C=O) groups excluding carboxylic acids is 2. The summed E-state index contributed by atoms with van der Waals surface area (Å²) in [6, 6.07) is 8.57. The van der Waals surface area contributed by atoms with Crippen molar-refractivity contribution < 1.29 is 33.9 Å². The lowest BCUT2D eigenvalue weighted by Gasteiger charge is -2.13. The van der Waals surface area contributed by atoms with Gasteiger partial charge < -0.3 is 14.6 Å². The molecule has 3 aliphatic rings. The summed E-state index contributed by atoms with van der Waals surface area (Å²) in [7, 11) is 1.33. The zero-order chi connectivity index (χ0) is 25.6. The molecular formula is C25H21N3O8. The number of carboxylic acid groups (broad SMARTS) is 1. The first-order chi connectivity index (χ1) is 17.3. The van der Waals surface area contributed by atoms with Crippen molar-refractivity contribution in [3.63, 3.8) is 0 Å². The van der Waals surface area contributed by atoms with Crippen LogP contribution in [0.25, 0.3) is 0 Å². The summed E-state index contributed by atoms with van der Waals surface area (Å²) in [4.78, 5) is 47.8. The predicted molar refractivity (Wildman–Crippen MR) is 125 cm³/mol. The van der Waals surface area contributed by atoms with Crippen molar-refractivity contribution in [3.05, 3.63) is 75.4 Å². The molecule has 2 aromatic carbocycles. The van der Waals surface area contributed by atoms with E-state index in [1.54, 1.807) is 12.1 Å². The second-order valence-corrected chi connectivity index (χ2v) is 8.85. The molecule has 4 unspecified atom stereocenters. The molecule has 184 valence electrons. The molecule has 4 atom stereocenters. The van der Waals surface area contributed by atoms with Gasteiger partial charge in [0.15, 0.2) is 5.75 Å². The maximum atomic E-state index is 12.8. The molecule has 1 saturated heterocycles. The Balaban J connectivity index is 1.37. The SMILES string of the molecule is COc1cc(C=NN2C(=O)C3C4C=CC(C4)C3C2=O)cc([N+](=O)[O-])c1OCc1ccc(C(=O)O)cc1. The monoisotopic (exact) mass is 491 g/mol. The third-order valence-corrected chi connectivity index (χ3v) is 6.83. The minimum Gasteiger partial charge on any atom is -0.493 e. The number of nitrogens with zero attached hydrogens (tertiary/aromatic N) is 3. The second kappa shape index (κ2) is 8.91. The second-order valence-electron chi connectivity index (χ2n) is 8.85. The highest BCUT2D eigenvalue weighted by Crippen LogP contribution is 2.52. The fraction of sp³-hybridized carbons (Fsp3) is 0.280. The van der Waals surface area contributed by atoms with E-state index in [2.05, 4.69) is 5.10 Å². The van der Waals surface area contributed by atoms with Crippen LogP contribution in [-0.4, -0.2) is 46.1 Å². The molecule has 11 heteroatoms. The van der Waals surface area contributed by atoms with Crippen molar-refractivity contribution in [1.29, 1.82) is 0 Å². The minimum absolute atomic E-state index is 0.0506. The van der Waals surface area contributed by atoms with Gasteiger partial charge in [0, 0.05) is 11.6 Å². The fourth-order valence-electron chi connectivity index (χ4n) is 5.14. The van der Waals surface area contributed by atoms with Gasteiger partial charge in [-0.05, 0) is 42.0 Å². The number of carbonyl (C=O) groups is 3. The third-order valence-electron chi connectivity index (χ3n) is 6.83. The number of hydrazone groups is 1. The van der Waals surface area contributed by atoms with Crippen LogP contribution in [-0.2, 0) is 16.2 Å². The average molecular weight is 491 g/mol. The number of nitro benzene ring substituents is 1. The predicted octanol–water partition coefficient (Wildman–Crippen LogP) is 3.02. The number of allylic oxidation sites excluding steroid dienone is 2. The largest absolute Gasteiger partial charge is 0.493 e. The van der Waals surface area contributed by atoms with Gasteiger partial charge in [-0.2, -0.15) is 10.1 Å². The summed E-state index contributed by atoms with van der Waals surface area (Å²) < 4.78 is 11.0. The van der Waals surface area contributed by atoms with Crippen LogP contribution in [0.5, 0.6) is 11.5 Å². The first-order valence-corrected chi connectivity index (χ1v) is 11.2. The summed E-state index contributed by atoms with van der Waals surface area (Å²) in [6.45, 7) is -0.0690. The van der Waals surface area contributed by atoms with Crippen molar-refractivity contribution >= 4 is 29.7 Å². The Labute approximate surface area is 204 Å². The Morgan fingerprint density at radius 1 is 1.17 bits per heavy atom. The number of amides is 2. The number of imide groups is 1. The van der Waals surface area contributed by atoms with E-state index in [9.17, 15) is 24.5 Å². The van der Waals surface area contributed by atoms with E-state index in [1.807, 2.05) is 12.2 Å². The third kappa shape index (κ3) is 3.88. The zero-order valence-corrected chi connectivity index (χ0v) is 19.1. The molecule has 2 bridgehead atoms. The minimum atomic E-state index is -1.07. The normalized spacial score (nSPS) is 24.0. The Morgan fingerprint density at radius 2 is 1.81 bits per heavy atom. The smallest absolute Gasteiger partial charge is 0.335 e. The maximum Gasteiger partial charge on any atom is 0.335 e. The van der Waals surface area contributed by atoms with Crippen LogP contribution in [0.3, 0.4) is 0 Å².